The van der Waals surface area contributed by atoms with Crippen molar-refractivity contribution in [1.82, 2.24) is 10.1 Å². The summed E-state index contributed by atoms with van der Waals surface area (Å²) in [6, 6.07) is 16.8. The maximum atomic E-state index is 12.4. The minimum Gasteiger partial charge on any atom is -0.355 e. The lowest BCUT2D eigenvalue weighted by atomic mass is 10.1. The third-order valence-corrected chi connectivity index (χ3v) is 5.61. The summed E-state index contributed by atoms with van der Waals surface area (Å²) in [6.45, 7) is 0. The lowest BCUT2D eigenvalue weighted by Crippen LogP contribution is -2.11. The van der Waals surface area contributed by atoms with Crippen molar-refractivity contribution < 1.29 is 9.32 Å². The van der Waals surface area contributed by atoms with Gasteiger partial charge in [0.05, 0.1) is 10.2 Å². The Morgan fingerprint density at radius 3 is 2.80 bits per heavy atom. The van der Waals surface area contributed by atoms with Crippen molar-refractivity contribution in [2.24, 2.45) is 0 Å². The number of nitrogens with zero attached hydrogens (tertiary/aromatic N) is 2. The van der Waals surface area contributed by atoms with Gasteiger partial charge in [0.1, 0.15) is 0 Å². The molecule has 5 nitrogen and oxygen atoms in total. The molecule has 0 saturated carbocycles. The summed E-state index contributed by atoms with van der Waals surface area (Å²) >= 11 is 3.21. The number of rotatable bonds is 4. The van der Waals surface area contributed by atoms with Crippen LogP contribution in [0.15, 0.2) is 63.5 Å². The number of aromatic nitrogens is 2. The van der Waals surface area contributed by atoms with Gasteiger partial charge in [-0.25, -0.2) is 4.98 Å². The number of anilines is 1. The second-order valence-electron chi connectivity index (χ2n) is 5.26. The lowest BCUT2D eigenvalue weighted by Gasteiger charge is -2.02. The molecule has 0 bridgehead atoms. The molecule has 2 aromatic heterocycles. The Hall–Kier alpha value is -2.64. The smallest absolute Gasteiger partial charge is 0.277 e. The molecule has 2 aromatic carbocycles. The number of hydrogen-bond donors (Lipinski definition) is 1. The number of carbonyl (C=O) groups is 1. The van der Waals surface area contributed by atoms with Gasteiger partial charge in [-0.15, -0.1) is 11.3 Å². The van der Waals surface area contributed by atoms with Crippen LogP contribution in [-0.2, 0) is 0 Å². The highest BCUT2D eigenvalue weighted by molar-refractivity contribution is 8.00. The summed E-state index contributed by atoms with van der Waals surface area (Å²) in [5, 5.41) is 6.72. The average molecular weight is 367 g/mol. The van der Waals surface area contributed by atoms with E-state index in [1.165, 1.54) is 0 Å². The van der Waals surface area contributed by atoms with Crippen LogP contribution < -0.4 is 5.32 Å². The summed E-state index contributed by atoms with van der Waals surface area (Å²) in [7, 11) is 0. The van der Waals surface area contributed by atoms with Crippen molar-refractivity contribution in [3.8, 4) is 11.3 Å². The molecule has 0 saturated heterocycles. The van der Waals surface area contributed by atoms with E-state index in [9.17, 15) is 4.79 Å². The molecule has 0 aliphatic rings. The highest BCUT2D eigenvalue weighted by Gasteiger charge is 2.14. The Morgan fingerprint density at radius 2 is 2.00 bits per heavy atom. The van der Waals surface area contributed by atoms with Crippen LogP contribution in [0.5, 0.6) is 0 Å². The van der Waals surface area contributed by atoms with Gasteiger partial charge in [0.25, 0.3) is 5.91 Å². The molecule has 0 aliphatic heterocycles. The van der Waals surface area contributed by atoms with Gasteiger partial charge in [-0.2, -0.15) is 0 Å². The van der Waals surface area contributed by atoms with Gasteiger partial charge in [-0.05, 0) is 24.5 Å². The van der Waals surface area contributed by atoms with E-state index >= 15 is 0 Å². The molecule has 0 atom stereocenters. The first-order chi connectivity index (χ1) is 12.2. The van der Waals surface area contributed by atoms with Crippen molar-refractivity contribution >= 4 is 44.9 Å². The molecular weight excluding hydrogens is 354 g/mol. The molecule has 0 unspecified atom stereocenters. The van der Waals surface area contributed by atoms with Gasteiger partial charge in [-0.3, -0.25) is 4.79 Å². The summed E-state index contributed by atoms with van der Waals surface area (Å²) in [5.74, 6) is 0.258. The maximum absolute atomic E-state index is 12.4. The van der Waals surface area contributed by atoms with Crippen LogP contribution in [-0.4, -0.2) is 22.3 Å². The van der Waals surface area contributed by atoms with E-state index in [4.69, 9.17) is 4.52 Å². The van der Waals surface area contributed by atoms with E-state index in [0.717, 1.165) is 20.1 Å². The van der Waals surface area contributed by atoms with E-state index in [2.05, 4.69) is 15.5 Å². The normalized spacial score (nSPS) is 10.9. The molecule has 0 spiro atoms. The van der Waals surface area contributed by atoms with Crippen molar-refractivity contribution in [2.75, 3.05) is 11.6 Å². The van der Waals surface area contributed by atoms with Gasteiger partial charge < -0.3 is 9.84 Å². The fourth-order valence-electron chi connectivity index (χ4n) is 2.38. The van der Waals surface area contributed by atoms with Crippen LogP contribution in [0.4, 0.5) is 5.69 Å². The zero-order valence-electron chi connectivity index (χ0n) is 13.2. The summed E-state index contributed by atoms with van der Waals surface area (Å²) < 4.78 is 7.31. The fraction of sp³-hybridized carbons (Fsp3) is 0.0556. The van der Waals surface area contributed by atoms with Crippen LogP contribution in [0.25, 0.3) is 21.5 Å². The van der Waals surface area contributed by atoms with E-state index in [0.29, 0.717) is 11.4 Å². The Bertz CT molecular complexity index is 1040. The number of amides is 1. The molecule has 25 heavy (non-hydrogen) atoms. The Morgan fingerprint density at radius 1 is 1.16 bits per heavy atom. The average Bonchev–Trinajstić information content (AvgIpc) is 3.29. The number of fused-ring (bicyclic) bond motifs is 1. The van der Waals surface area contributed by atoms with Crippen LogP contribution >= 0.6 is 23.1 Å². The molecule has 0 aliphatic carbocycles. The standard InChI is InChI=1S/C18H13N3O2S2/c1-24-18-20-13-8-7-12(9-16(13)25-18)19-17(22)14-10-15(23-21-14)11-5-3-2-4-6-11/h2-10H,1H3,(H,19,22). The van der Waals surface area contributed by atoms with Crippen LogP contribution in [0, 0.1) is 0 Å². The number of thioether (sulfide) groups is 1. The van der Waals surface area contributed by atoms with Crippen LogP contribution in [0.3, 0.4) is 0 Å². The van der Waals surface area contributed by atoms with E-state index in [-0.39, 0.29) is 11.6 Å². The Balaban J connectivity index is 1.55. The van der Waals surface area contributed by atoms with Gasteiger partial charge in [0.2, 0.25) is 0 Å². The summed E-state index contributed by atoms with van der Waals surface area (Å²) in [4.78, 5) is 16.9. The lowest BCUT2D eigenvalue weighted by molar-refractivity contribution is 0.101. The third-order valence-electron chi connectivity index (χ3n) is 3.60. The molecule has 0 radical (unpaired) electrons. The van der Waals surface area contributed by atoms with E-state index in [1.807, 2.05) is 54.8 Å². The molecule has 0 fully saturated rings. The molecule has 7 heteroatoms. The number of hydrogen-bond acceptors (Lipinski definition) is 6. The number of nitrogens with one attached hydrogen (secondary N) is 1. The Kier molecular flexibility index (Phi) is 4.25. The quantitative estimate of drug-likeness (QED) is 0.518. The molecule has 4 aromatic rings. The molecule has 2 heterocycles. The number of benzene rings is 2. The summed E-state index contributed by atoms with van der Waals surface area (Å²) in [5.41, 5.74) is 2.76. The SMILES string of the molecule is CSc1nc2ccc(NC(=O)c3cc(-c4ccccc4)on3)cc2s1. The van der Waals surface area contributed by atoms with Crippen molar-refractivity contribution in [3.05, 3.63) is 60.3 Å². The highest BCUT2D eigenvalue weighted by atomic mass is 32.2. The number of carbonyl (C=O) groups excluding carboxylic acids is 1. The minimum atomic E-state index is -0.306. The monoisotopic (exact) mass is 367 g/mol. The number of thiazole rings is 1. The molecule has 1 amide bonds. The van der Waals surface area contributed by atoms with Crippen molar-refractivity contribution in [1.29, 1.82) is 0 Å². The van der Waals surface area contributed by atoms with Gasteiger partial charge in [-0.1, -0.05) is 47.3 Å². The molecular formula is C18H13N3O2S2. The zero-order chi connectivity index (χ0) is 17.2. The second-order valence-corrected chi connectivity index (χ2v) is 7.35. The highest BCUT2D eigenvalue weighted by Crippen LogP contribution is 2.30. The third kappa shape index (κ3) is 3.29. The fourth-order valence-corrected chi connectivity index (χ4v) is 3.91. The topological polar surface area (TPSA) is 68.0 Å². The first kappa shape index (κ1) is 15.9. The summed E-state index contributed by atoms with van der Waals surface area (Å²) in [6.07, 6.45) is 2.00. The zero-order valence-corrected chi connectivity index (χ0v) is 14.9. The van der Waals surface area contributed by atoms with Crippen molar-refractivity contribution in [3.63, 3.8) is 0 Å². The van der Waals surface area contributed by atoms with E-state index < -0.39 is 0 Å². The molecule has 124 valence electrons. The molecule has 1 N–H and O–H groups in total. The second kappa shape index (κ2) is 6.70. The van der Waals surface area contributed by atoms with Gasteiger partial charge >= 0.3 is 0 Å². The Labute approximate surface area is 152 Å². The van der Waals surface area contributed by atoms with Crippen LogP contribution in [0.1, 0.15) is 10.5 Å². The van der Waals surface area contributed by atoms with Gasteiger partial charge in [0.15, 0.2) is 15.8 Å². The largest absolute Gasteiger partial charge is 0.355 e. The predicted octanol–water partition coefficient (Wildman–Crippen LogP) is 4.93. The maximum Gasteiger partial charge on any atom is 0.277 e. The predicted molar refractivity (Wildman–Crippen MR) is 101 cm³/mol. The van der Waals surface area contributed by atoms with Crippen molar-refractivity contribution in [2.45, 2.75) is 4.34 Å². The molecule has 4 rings (SSSR count). The van der Waals surface area contributed by atoms with Crippen LogP contribution in [0.2, 0.25) is 0 Å². The van der Waals surface area contributed by atoms with E-state index in [1.54, 1.807) is 29.2 Å². The first-order valence-corrected chi connectivity index (χ1v) is 9.55. The first-order valence-electron chi connectivity index (χ1n) is 7.51. The minimum absolute atomic E-state index is 0.244. The van der Waals surface area contributed by atoms with Gasteiger partial charge in [0, 0.05) is 17.3 Å².